The summed E-state index contributed by atoms with van der Waals surface area (Å²) in [5.41, 5.74) is 0. The molecule has 98 valence electrons. The Kier molecular flexibility index (Phi) is 5.11. The first-order valence-electron chi connectivity index (χ1n) is 5.76. The number of amides is 2. The van der Waals surface area contributed by atoms with Crippen LogP contribution >= 0.6 is 11.8 Å². The van der Waals surface area contributed by atoms with Gasteiger partial charge in [0.1, 0.15) is 6.54 Å². The Balaban J connectivity index is 2.65. The molecule has 0 radical (unpaired) electrons. The fourth-order valence-corrected chi connectivity index (χ4v) is 3.07. The number of rotatable bonds is 4. The van der Waals surface area contributed by atoms with Crippen LogP contribution in [0.15, 0.2) is 0 Å². The van der Waals surface area contributed by atoms with Crippen LogP contribution in [0, 0.1) is 0 Å². The van der Waals surface area contributed by atoms with Crippen molar-refractivity contribution < 1.29 is 14.7 Å². The van der Waals surface area contributed by atoms with E-state index in [0.29, 0.717) is 0 Å². The Hall–Kier alpha value is -0.910. The number of hydrogen-bond acceptors (Lipinski definition) is 3. The molecule has 0 spiro atoms. The van der Waals surface area contributed by atoms with E-state index in [1.165, 1.54) is 4.90 Å². The highest BCUT2D eigenvalue weighted by Crippen LogP contribution is 2.22. The summed E-state index contributed by atoms with van der Waals surface area (Å²) in [4.78, 5) is 26.0. The minimum atomic E-state index is -0.971. The lowest BCUT2D eigenvalue weighted by molar-refractivity contribution is -0.138. The third-order valence-corrected chi connectivity index (χ3v) is 4.07. The van der Waals surface area contributed by atoms with Gasteiger partial charge in [0.05, 0.1) is 0 Å². The van der Waals surface area contributed by atoms with Crippen LogP contribution in [0.4, 0.5) is 4.79 Å². The monoisotopic (exact) mass is 260 g/mol. The Morgan fingerprint density at radius 2 is 2.12 bits per heavy atom. The Labute approximate surface area is 106 Å². The zero-order chi connectivity index (χ0) is 13.0. The smallest absolute Gasteiger partial charge is 0.323 e. The molecule has 5 nitrogen and oxygen atoms in total. The maximum Gasteiger partial charge on any atom is 0.323 e. The molecule has 2 amide bonds. The molecule has 1 unspecified atom stereocenters. The highest BCUT2D eigenvalue weighted by molar-refractivity contribution is 7.99. The molecule has 0 aromatic carbocycles. The third kappa shape index (κ3) is 3.80. The maximum atomic E-state index is 12.2. The molecule has 0 saturated carbocycles. The second-order valence-electron chi connectivity index (χ2n) is 4.53. The van der Waals surface area contributed by atoms with E-state index in [4.69, 9.17) is 5.11 Å². The van der Waals surface area contributed by atoms with Gasteiger partial charge in [-0.1, -0.05) is 0 Å². The van der Waals surface area contributed by atoms with Crippen molar-refractivity contribution in [1.82, 2.24) is 9.80 Å². The predicted molar refractivity (Wildman–Crippen MR) is 68.4 cm³/mol. The van der Waals surface area contributed by atoms with Gasteiger partial charge in [0.2, 0.25) is 0 Å². The maximum absolute atomic E-state index is 12.2. The highest BCUT2D eigenvalue weighted by Gasteiger charge is 2.29. The van der Waals surface area contributed by atoms with Crippen molar-refractivity contribution >= 4 is 23.8 Å². The standard InChI is InChI=1S/C11H20N2O3S/c1-8(2)13(6-10(14)15)11(16)12(3)9-4-5-17-7-9/h8-9H,4-7H2,1-3H3,(H,14,15). The highest BCUT2D eigenvalue weighted by atomic mass is 32.2. The molecule has 0 bridgehead atoms. The molecule has 0 aliphatic carbocycles. The quantitative estimate of drug-likeness (QED) is 0.828. The fraction of sp³-hybridized carbons (Fsp3) is 0.818. The predicted octanol–water partition coefficient (Wildman–Crippen LogP) is 1.34. The first kappa shape index (κ1) is 14.2. The van der Waals surface area contributed by atoms with Crippen molar-refractivity contribution in [2.24, 2.45) is 0 Å². The van der Waals surface area contributed by atoms with Gasteiger partial charge in [0, 0.05) is 24.9 Å². The van der Waals surface area contributed by atoms with Crippen molar-refractivity contribution in [2.45, 2.75) is 32.4 Å². The average molecular weight is 260 g/mol. The van der Waals surface area contributed by atoms with E-state index in [-0.39, 0.29) is 24.7 Å². The minimum absolute atomic E-state index is 0.102. The third-order valence-electron chi connectivity index (χ3n) is 2.93. The molecule has 0 aromatic heterocycles. The molecule has 0 aromatic rings. The number of hydrogen-bond donors (Lipinski definition) is 1. The van der Waals surface area contributed by atoms with Gasteiger partial charge < -0.3 is 14.9 Å². The van der Waals surface area contributed by atoms with Gasteiger partial charge in [-0.25, -0.2) is 4.79 Å². The minimum Gasteiger partial charge on any atom is -0.480 e. The molecule has 1 aliphatic heterocycles. The number of thioether (sulfide) groups is 1. The zero-order valence-electron chi connectivity index (χ0n) is 10.5. The van der Waals surface area contributed by atoms with Crippen molar-refractivity contribution in [3.63, 3.8) is 0 Å². The molecular weight excluding hydrogens is 240 g/mol. The topological polar surface area (TPSA) is 60.9 Å². The summed E-state index contributed by atoms with van der Waals surface area (Å²) in [6, 6.07) is -0.0486. The summed E-state index contributed by atoms with van der Waals surface area (Å²) in [6.45, 7) is 3.43. The van der Waals surface area contributed by atoms with E-state index in [2.05, 4.69) is 0 Å². The number of carbonyl (C=O) groups excluding carboxylic acids is 1. The van der Waals surface area contributed by atoms with E-state index in [0.717, 1.165) is 17.9 Å². The molecule has 1 aliphatic rings. The molecule has 1 fully saturated rings. The van der Waals surface area contributed by atoms with Crippen molar-refractivity contribution in [1.29, 1.82) is 0 Å². The van der Waals surface area contributed by atoms with Gasteiger partial charge >= 0.3 is 12.0 Å². The van der Waals surface area contributed by atoms with Crippen molar-refractivity contribution in [3.8, 4) is 0 Å². The van der Waals surface area contributed by atoms with Gasteiger partial charge in [-0.2, -0.15) is 11.8 Å². The van der Waals surface area contributed by atoms with Gasteiger partial charge in [0.25, 0.3) is 0 Å². The SMILES string of the molecule is CC(C)N(CC(=O)O)C(=O)N(C)C1CCSC1. The fourth-order valence-electron chi connectivity index (χ4n) is 1.80. The number of urea groups is 1. The van der Waals surface area contributed by atoms with Gasteiger partial charge in [0.15, 0.2) is 0 Å². The second kappa shape index (κ2) is 6.14. The number of carboxylic acid groups (broad SMARTS) is 1. The Morgan fingerprint density at radius 1 is 1.47 bits per heavy atom. The van der Waals surface area contributed by atoms with Gasteiger partial charge in [-0.05, 0) is 26.0 Å². The van der Waals surface area contributed by atoms with Crippen LogP contribution in [0.1, 0.15) is 20.3 Å². The Bertz CT molecular complexity index is 290. The van der Waals surface area contributed by atoms with Gasteiger partial charge in [-0.3, -0.25) is 4.79 Å². The molecule has 1 saturated heterocycles. The number of nitrogens with zero attached hydrogens (tertiary/aromatic N) is 2. The molecule has 1 heterocycles. The summed E-state index contributed by atoms with van der Waals surface area (Å²) >= 11 is 1.83. The van der Waals surface area contributed by atoms with Crippen molar-refractivity contribution in [2.75, 3.05) is 25.1 Å². The van der Waals surface area contributed by atoms with E-state index in [1.54, 1.807) is 11.9 Å². The van der Waals surface area contributed by atoms with Crippen LogP contribution in [0.5, 0.6) is 0 Å². The van der Waals surface area contributed by atoms with E-state index in [1.807, 2.05) is 25.6 Å². The van der Waals surface area contributed by atoms with Gasteiger partial charge in [-0.15, -0.1) is 0 Å². The number of carbonyl (C=O) groups is 2. The molecule has 6 heteroatoms. The first-order valence-corrected chi connectivity index (χ1v) is 6.92. The van der Waals surface area contributed by atoms with Crippen LogP contribution in [-0.4, -0.2) is 64.1 Å². The summed E-state index contributed by atoms with van der Waals surface area (Å²) in [5.74, 6) is 1.05. The molecule has 1 N–H and O–H groups in total. The largest absolute Gasteiger partial charge is 0.480 e. The van der Waals surface area contributed by atoms with Crippen LogP contribution in [0.25, 0.3) is 0 Å². The van der Waals surface area contributed by atoms with E-state index >= 15 is 0 Å². The van der Waals surface area contributed by atoms with Crippen LogP contribution in [-0.2, 0) is 4.79 Å². The molecule has 1 atom stereocenters. The average Bonchev–Trinajstić information content (AvgIpc) is 2.76. The lowest BCUT2D eigenvalue weighted by Crippen LogP contribution is -2.50. The molecular formula is C11H20N2O3S. The lowest BCUT2D eigenvalue weighted by atomic mass is 10.2. The summed E-state index contributed by atoms with van der Waals surface area (Å²) in [7, 11) is 1.76. The van der Waals surface area contributed by atoms with E-state index < -0.39 is 5.97 Å². The second-order valence-corrected chi connectivity index (χ2v) is 5.68. The summed E-state index contributed by atoms with van der Waals surface area (Å²) in [5, 5.41) is 8.81. The van der Waals surface area contributed by atoms with Crippen LogP contribution in [0.2, 0.25) is 0 Å². The number of carboxylic acids is 1. The normalized spacial score (nSPS) is 19.4. The Morgan fingerprint density at radius 3 is 2.53 bits per heavy atom. The summed E-state index contributed by atoms with van der Waals surface area (Å²) in [6.07, 6.45) is 0.992. The summed E-state index contributed by atoms with van der Waals surface area (Å²) < 4.78 is 0. The molecule has 17 heavy (non-hydrogen) atoms. The van der Waals surface area contributed by atoms with E-state index in [9.17, 15) is 9.59 Å². The molecule has 1 rings (SSSR count). The zero-order valence-corrected chi connectivity index (χ0v) is 11.4. The van der Waals surface area contributed by atoms with Crippen LogP contribution in [0.3, 0.4) is 0 Å². The number of aliphatic carboxylic acids is 1. The van der Waals surface area contributed by atoms with Crippen LogP contribution < -0.4 is 0 Å². The first-order chi connectivity index (χ1) is 7.93. The van der Waals surface area contributed by atoms with Crippen molar-refractivity contribution in [3.05, 3.63) is 0 Å². The lowest BCUT2D eigenvalue weighted by Gasteiger charge is -2.33.